The van der Waals surface area contributed by atoms with Crippen LogP contribution in [-0.4, -0.2) is 63.3 Å². The SMILES string of the molecule is Cn1cc(-c2cc(-c3ccc(N4C[C@@H]5CN(S(=O)(=O)c6c(F)cccc6Cl)C[C@@H]5C4)nc3)c3c(C#N)cnn3c2)cn1. The summed E-state index contributed by atoms with van der Waals surface area (Å²) >= 11 is 6.07. The molecule has 1 aromatic carbocycles. The number of sulfonamides is 1. The van der Waals surface area contributed by atoms with E-state index in [1.165, 1.54) is 16.4 Å². The molecule has 10 nitrogen and oxygen atoms in total. The van der Waals surface area contributed by atoms with Gasteiger partial charge in [0.15, 0.2) is 0 Å². The number of halogens is 2. The van der Waals surface area contributed by atoms with Gasteiger partial charge in [-0.05, 0) is 42.2 Å². The summed E-state index contributed by atoms with van der Waals surface area (Å²) in [5, 5.41) is 18.3. The van der Waals surface area contributed by atoms with Crippen molar-refractivity contribution >= 4 is 33.0 Å². The number of nitrogens with zero attached hydrogens (tertiary/aromatic N) is 8. The second kappa shape index (κ2) is 9.90. The van der Waals surface area contributed by atoms with Gasteiger partial charge in [0.25, 0.3) is 0 Å². The third-order valence-electron chi connectivity index (χ3n) is 8.12. The monoisotopic (exact) mass is 602 g/mol. The molecule has 2 aliphatic rings. The van der Waals surface area contributed by atoms with Gasteiger partial charge in [-0.15, -0.1) is 0 Å². The first-order valence-corrected chi connectivity index (χ1v) is 15.1. The molecular weight excluding hydrogens is 579 g/mol. The lowest BCUT2D eigenvalue weighted by Crippen LogP contribution is -2.34. The maximum atomic E-state index is 14.4. The van der Waals surface area contributed by atoms with Crippen molar-refractivity contribution in [3.05, 3.63) is 83.8 Å². The maximum Gasteiger partial charge on any atom is 0.247 e. The van der Waals surface area contributed by atoms with Crippen molar-refractivity contribution in [1.82, 2.24) is 28.7 Å². The Bertz CT molecular complexity index is 1970. The Kier molecular flexibility index (Phi) is 6.27. The van der Waals surface area contributed by atoms with Crippen LogP contribution in [0.25, 0.3) is 27.8 Å². The summed E-state index contributed by atoms with van der Waals surface area (Å²) < 4.78 is 45.6. The number of rotatable bonds is 5. The minimum absolute atomic E-state index is 0.0903. The molecule has 0 amide bonds. The molecular formula is C29H24ClFN8O2S. The van der Waals surface area contributed by atoms with Gasteiger partial charge >= 0.3 is 0 Å². The van der Waals surface area contributed by atoms with Crippen molar-refractivity contribution in [3.8, 4) is 28.3 Å². The molecule has 0 spiro atoms. The van der Waals surface area contributed by atoms with Crippen LogP contribution in [0.1, 0.15) is 5.56 Å². The fourth-order valence-corrected chi connectivity index (χ4v) is 8.19. The number of benzene rings is 1. The van der Waals surface area contributed by atoms with E-state index in [1.54, 1.807) is 27.8 Å². The first-order valence-electron chi connectivity index (χ1n) is 13.3. The topological polar surface area (TPSA) is 112 Å². The van der Waals surface area contributed by atoms with Gasteiger partial charge in [-0.3, -0.25) is 4.68 Å². The summed E-state index contributed by atoms with van der Waals surface area (Å²) in [7, 11) is -2.19. The standard InChI is InChI=1S/C29H24ClFN8O2S/c1-36-12-21(11-34-36)19-7-24(28-20(8-32)10-35-39(28)17-19)18-5-6-27(33-9-18)37-13-22-15-38(16-23(22)14-37)42(40,41)29-25(30)3-2-4-26(29)31/h2-7,9-12,17,22-23H,13-16H2,1H3/t22-,23+. The largest absolute Gasteiger partial charge is 0.356 e. The summed E-state index contributed by atoms with van der Waals surface area (Å²) in [5.74, 6) is 0.125. The van der Waals surface area contributed by atoms with E-state index in [-0.39, 0.29) is 16.9 Å². The van der Waals surface area contributed by atoms with E-state index in [0.29, 0.717) is 37.3 Å². The molecule has 13 heteroatoms. The quantitative estimate of drug-likeness (QED) is 0.296. The van der Waals surface area contributed by atoms with Gasteiger partial charge in [-0.2, -0.15) is 19.8 Å². The zero-order valence-corrected chi connectivity index (χ0v) is 24.0. The maximum absolute atomic E-state index is 14.4. The Morgan fingerprint density at radius 2 is 1.76 bits per heavy atom. The Morgan fingerprint density at radius 3 is 2.40 bits per heavy atom. The van der Waals surface area contributed by atoms with Gasteiger partial charge in [0.05, 0.1) is 28.5 Å². The minimum Gasteiger partial charge on any atom is -0.356 e. The molecule has 0 radical (unpaired) electrons. The number of anilines is 1. The zero-order chi connectivity index (χ0) is 29.2. The Morgan fingerprint density at radius 1 is 0.976 bits per heavy atom. The van der Waals surface area contributed by atoms with Crippen LogP contribution in [0.4, 0.5) is 10.2 Å². The molecule has 0 N–H and O–H groups in total. The van der Waals surface area contributed by atoms with Crippen molar-refractivity contribution < 1.29 is 12.8 Å². The highest BCUT2D eigenvalue weighted by Gasteiger charge is 2.45. The molecule has 2 fully saturated rings. The highest BCUT2D eigenvalue weighted by Crippen LogP contribution is 2.38. The second-order valence-corrected chi connectivity index (χ2v) is 13.0. The molecule has 7 rings (SSSR count). The lowest BCUT2D eigenvalue weighted by Gasteiger charge is -2.23. The van der Waals surface area contributed by atoms with Gasteiger partial charge < -0.3 is 4.90 Å². The molecule has 2 atom stereocenters. The molecule has 6 heterocycles. The van der Waals surface area contributed by atoms with Crippen LogP contribution in [0.5, 0.6) is 0 Å². The van der Waals surface area contributed by atoms with Gasteiger partial charge in [0, 0.05) is 74.1 Å². The number of hydrogen-bond acceptors (Lipinski definition) is 7. The predicted octanol–water partition coefficient (Wildman–Crippen LogP) is 4.22. The Hall–Kier alpha value is -4.31. The molecule has 212 valence electrons. The van der Waals surface area contributed by atoms with Crippen LogP contribution in [0.15, 0.2) is 72.3 Å². The lowest BCUT2D eigenvalue weighted by atomic mass is 10.0. The van der Waals surface area contributed by atoms with Crippen molar-refractivity contribution in [2.24, 2.45) is 18.9 Å². The molecule has 2 aliphatic heterocycles. The van der Waals surface area contributed by atoms with Crippen LogP contribution in [-0.2, 0) is 17.1 Å². The normalized spacial score (nSPS) is 19.0. The molecule has 4 aromatic heterocycles. The molecule has 0 saturated carbocycles. The van der Waals surface area contributed by atoms with Crippen LogP contribution >= 0.6 is 11.6 Å². The third-order valence-corrected chi connectivity index (χ3v) is 10.5. The predicted molar refractivity (Wildman–Crippen MR) is 155 cm³/mol. The first kappa shape index (κ1) is 26.6. The summed E-state index contributed by atoms with van der Waals surface area (Å²) in [6.45, 7) is 1.86. The van der Waals surface area contributed by atoms with E-state index < -0.39 is 20.7 Å². The van der Waals surface area contributed by atoms with Gasteiger partial charge in [0.1, 0.15) is 22.6 Å². The smallest absolute Gasteiger partial charge is 0.247 e. The van der Waals surface area contributed by atoms with E-state index >= 15 is 0 Å². The molecule has 42 heavy (non-hydrogen) atoms. The molecule has 5 aromatic rings. The number of aryl methyl sites for hydroxylation is 1. The summed E-state index contributed by atoms with van der Waals surface area (Å²) in [4.78, 5) is 6.45. The third kappa shape index (κ3) is 4.32. The van der Waals surface area contributed by atoms with Crippen LogP contribution in [0, 0.1) is 29.0 Å². The molecule has 0 unspecified atom stereocenters. The zero-order valence-electron chi connectivity index (χ0n) is 22.4. The van der Waals surface area contributed by atoms with E-state index in [9.17, 15) is 18.1 Å². The van der Waals surface area contributed by atoms with Crippen LogP contribution in [0.3, 0.4) is 0 Å². The van der Waals surface area contributed by atoms with E-state index in [1.807, 2.05) is 37.6 Å². The fraction of sp³-hybridized carbons (Fsp3) is 0.241. The van der Waals surface area contributed by atoms with Crippen molar-refractivity contribution in [3.63, 3.8) is 0 Å². The average Bonchev–Trinajstić information content (AvgIpc) is 3.75. The minimum atomic E-state index is -4.04. The van der Waals surface area contributed by atoms with Gasteiger partial charge in [-0.25, -0.2) is 22.3 Å². The van der Waals surface area contributed by atoms with Crippen LogP contribution < -0.4 is 4.90 Å². The molecule has 2 saturated heterocycles. The highest BCUT2D eigenvalue weighted by atomic mass is 35.5. The van der Waals surface area contributed by atoms with Gasteiger partial charge in [-0.1, -0.05) is 17.7 Å². The van der Waals surface area contributed by atoms with Gasteiger partial charge in [0.2, 0.25) is 10.0 Å². The van der Waals surface area contributed by atoms with E-state index in [0.717, 1.165) is 34.1 Å². The fourth-order valence-electron chi connectivity index (χ4n) is 6.08. The van der Waals surface area contributed by atoms with Crippen molar-refractivity contribution in [1.29, 1.82) is 5.26 Å². The van der Waals surface area contributed by atoms with Crippen molar-refractivity contribution in [2.75, 3.05) is 31.1 Å². The lowest BCUT2D eigenvalue weighted by molar-refractivity contribution is 0.447. The van der Waals surface area contributed by atoms with E-state index in [2.05, 4.69) is 21.2 Å². The number of hydrogen-bond donors (Lipinski definition) is 0. The summed E-state index contributed by atoms with van der Waals surface area (Å²) in [5.41, 5.74) is 4.67. The van der Waals surface area contributed by atoms with Crippen molar-refractivity contribution in [2.45, 2.75) is 4.90 Å². The number of nitriles is 1. The van der Waals surface area contributed by atoms with Crippen LogP contribution in [0.2, 0.25) is 5.02 Å². The number of aromatic nitrogens is 5. The summed E-state index contributed by atoms with van der Waals surface area (Å²) in [6.07, 6.45) is 8.92. The van der Waals surface area contributed by atoms with E-state index in [4.69, 9.17) is 16.6 Å². The Labute approximate surface area is 246 Å². The average molecular weight is 603 g/mol. The molecule has 0 aliphatic carbocycles. The Balaban J connectivity index is 1.13. The molecule has 0 bridgehead atoms. The number of fused-ring (bicyclic) bond motifs is 2. The number of pyridine rings is 2. The first-order chi connectivity index (χ1) is 20.2. The summed E-state index contributed by atoms with van der Waals surface area (Å²) in [6, 6.07) is 12.1. The second-order valence-electron chi connectivity index (χ2n) is 10.7. The highest BCUT2D eigenvalue weighted by molar-refractivity contribution is 7.89.